The van der Waals surface area contributed by atoms with Crippen molar-refractivity contribution in [3.63, 3.8) is 0 Å². The van der Waals surface area contributed by atoms with Gasteiger partial charge in [-0.15, -0.1) is 10.2 Å². The normalized spacial score (nSPS) is 12.4. The molecule has 12 heteroatoms. The summed E-state index contributed by atoms with van der Waals surface area (Å²) in [5.41, 5.74) is 0.966. The minimum atomic E-state index is -3.82. The molecule has 1 amide bonds. The van der Waals surface area contributed by atoms with Crippen molar-refractivity contribution in [1.29, 1.82) is 0 Å². The van der Waals surface area contributed by atoms with Gasteiger partial charge in [0.25, 0.3) is 0 Å². The van der Waals surface area contributed by atoms with Crippen LogP contribution in [-0.4, -0.2) is 36.8 Å². The summed E-state index contributed by atoms with van der Waals surface area (Å²) in [4.78, 5) is 12.8. The van der Waals surface area contributed by atoms with E-state index in [4.69, 9.17) is 34.8 Å². The number of carbonyl (C=O) groups is 1. The molecule has 3 aromatic rings. The first kappa shape index (κ1) is 22.8. The van der Waals surface area contributed by atoms with Gasteiger partial charge in [0.05, 0.1) is 11.9 Å². The highest BCUT2D eigenvalue weighted by atomic mass is 35.5. The van der Waals surface area contributed by atoms with Gasteiger partial charge in [0.2, 0.25) is 21.1 Å². The minimum Gasteiger partial charge on any atom is -0.299 e. The van der Waals surface area contributed by atoms with Crippen molar-refractivity contribution in [2.75, 3.05) is 15.9 Å². The summed E-state index contributed by atoms with van der Waals surface area (Å²) in [7, 11) is -3.82. The Morgan fingerprint density at radius 3 is 2.20 bits per heavy atom. The maximum atomic E-state index is 12.8. The maximum Gasteiger partial charge on any atom is 0.249 e. The van der Waals surface area contributed by atoms with Crippen molar-refractivity contribution in [3.8, 4) is 10.6 Å². The molecule has 1 atom stereocenters. The topological polar surface area (TPSA) is 92.3 Å². The summed E-state index contributed by atoms with van der Waals surface area (Å²) >= 11 is 19.0. The molecule has 0 aliphatic heterocycles. The fourth-order valence-corrected chi connectivity index (χ4v) is 5.22. The van der Waals surface area contributed by atoms with Crippen LogP contribution in [0.4, 0.5) is 10.8 Å². The van der Waals surface area contributed by atoms with Gasteiger partial charge in [-0.2, -0.15) is 0 Å². The van der Waals surface area contributed by atoms with E-state index in [1.807, 2.05) is 0 Å². The number of benzene rings is 2. The molecule has 30 heavy (non-hydrogen) atoms. The van der Waals surface area contributed by atoms with E-state index in [0.29, 0.717) is 10.0 Å². The SMILES string of the molecule is CC(C(=O)Nc1nnc(-c2ccc(Cl)cc2)s1)N(c1cc(Cl)cc(Cl)c1)S(C)(=O)=O. The first-order valence-corrected chi connectivity index (χ1v) is 12.2. The molecule has 0 spiro atoms. The van der Waals surface area contributed by atoms with Crippen molar-refractivity contribution in [1.82, 2.24) is 10.2 Å². The summed E-state index contributed by atoms with van der Waals surface area (Å²) in [6.07, 6.45) is 0.995. The Morgan fingerprint density at radius 1 is 1.03 bits per heavy atom. The second-order valence-electron chi connectivity index (χ2n) is 6.27. The number of carbonyl (C=O) groups excluding carboxylic acids is 1. The summed E-state index contributed by atoms with van der Waals surface area (Å²) < 4.78 is 25.7. The monoisotopic (exact) mass is 504 g/mol. The third-order valence-electron chi connectivity index (χ3n) is 3.94. The molecular weight excluding hydrogens is 491 g/mol. The predicted octanol–water partition coefficient (Wildman–Crippen LogP) is 4.96. The molecule has 2 aromatic carbocycles. The van der Waals surface area contributed by atoms with Gasteiger partial charge in [0, 0.05) is 20.6 Å². The van der Waals surface area contributed by atoms with Crippen LogP contribution >= 0.6 is 46.1 Å². The zero-order chi connectivity index (χ0) is 22.1. The van der Waals surface area contributed by atoms with E-state index in [0.717, 1.165) is 27.5 Å². The standard InChI is InChI=1S/C18H15Cl3N4O3S2/c1-10(25(30(2,27)28)15-8-13(20)7-14(21)9-15)16(26)22-18-24-23-17(29-18)11-3-5-12(19)6-4-11/h3-10H,1-2H3,(H,22,24,26). The molecule has 1 unspecified atom stereocenters. The van der Waals surface area contributed by atoms with Crippen LogP contribution in [0.5, 0.6) is 0 Å². The molecule has 1 aromatic heterocycles. The molecule has 0 bridgehead atoms. The Bertz CT molecular complexity index is 1160. The quantitative estimate of drug-likeness (QED) is 0.511. The Hall–Kier alpha value is -1.91. The molecule has 0 aliphatic carbocycles. The van der Waals surface area contributed by atoms with E-state index < -0.39 is 22.0 Å². The highest BCUT2D eigenvalue weighted by Gasteiger charge is 2.30. The minimum absolute atomic E-state index is 0.178. The maximum absolute atomic E-state index is 12.8. The lowest BCUT2D eigenvalue weighted by atomic mass is 10.2. The molecule has 7 nitrogen and oxygen atoms in total. The number of rotatable bonds is 6. The third-order valence-corrected chi connectivity index (χ3v) is 6.75. The first-order valence-electron chi connectivity index (χ1n) is 8.40. The van der Waals surface area contributed by atoms with Crippen molar-refractivity contribution in [3.05, 3.63) is 57.5 Å². The molecule has 0 fully saturated rings. The molecule has 1 heterocycles. The smallest absolute Gasteiger partial charge is 0.249 e. The van der Waals surface area contributed by atoms with Gasteiger partial charge in [0.15, 0.2) is 0 Å². The lowest BCUT2D eigenvalue weighted by Crippen LogP contribution is -2.45. The highest BCUT2D eigenvalue weighted by Crippen LogP contribution is 2.30. The predicted molar refractivity (Wildman–Crippen MR) is 122 cm³/mol. The van der Waals surface area contributed by atoms with Gasteiger partial charge in [-0.05, 0) is 37.3 Å². The summed E-state index contributed by atoms with van der Waals surface area (Å²) in [5.74, 6) is -0.588. The third kappa shape index (κ3) is 5.41. The van der Waals surface area contributed by atoms with E-state index in [2.05, 4.69) is 15.5 Å². The molecule has 0 saturated heterocycles. The van der Waals surface area contributed by atoms with Crippen LogP contribution in [0.2, 0.25) is 15.1 Å². The molecule has 0 saturated carbocycles. The van der Waals surface area contributed by atoms with Crippen molar-refractivity contribution in [2.45, 2.75) is 13.0 Å². The van der Waals surface area contributed by atoms with Gasteiger partial charge in [-0.1, -0.05) is 58.3 Å². The summed E-state index contributed by atoms with van der Waals surface area (Å²) in [6, 6.07) is 10.2. The second-order valence-corrected chi connectivity index (χ2v) is 10.4. The molecule has 3 rings (SSSR count). The molecule has 158 valence electrons. The zero-order valence-electron chi connectivity index (χ0n) is 15.6. The second kappa shape index (κ2) is 9.07. The number of amides is 1. The largest absolute Gasteiger partial charge is 0.299 e. The van der Waals surface area contributed by atoms with Gasteiger partial charge in [-0.3, -0.25) is 14.4 Å². The van der Waals surface area contributed by atoms with E-state index in [-0.39, 0.29) is 20.9 Å². The van der Waals surface area contributed by atoms with Crippen LogP contribution in [0.1, 0.15) is 6.92 Å². The lowest BCUT2D eigenvalue weighted by Gasteiger charge is -2.28. The van der Waals surface area contributed by atoms with Crippen LogP contribution in [0, 0.1) is 0 Å². The van der Waals surface area contributed by atoms with Crippen LogP contribution in [-0.2, 0) is 14.8 Å². The lowest BCUT2D eigenvalue weighted by molar-refractivity contribution is -0.116. The van der Waals surface area contributed by atoms with Crippen LogP contribution in [0.15, 0.2) is 42.5 Å². The number of nitrogens with zero attached hydrogens (tertiary/aromatic N) is 3. The van der Waals surface area contributed by atoms with Gasteiger partial charge >= 0.3 is 0 Å². The van der Waals surface area contributed by atoms with E-state index in [1.54, 1.807) is 24.3 Å². The number of halogens is 3. The Kier molecular flexibility index (Phi) is 6.88. The summed E-state index contributed by atoms with van der Waals surface area (Å²) in [6.45, 7) is 1.45. The number of hydrogen-bond donors (Lipinski definition) is 1. The van der Waals surface area contributed by atoms with Crippen LogP contribution in [0.3, 0.4) is 0 Å². The number of nitrogens with one attached hydrogen (secondary N) is 1. The number of aromatic nitrogens is 2. The van der Waals surface area contributed by atoms with Crippen LogP contribution < -0.4 is 9.62 Å². The summed E-state index contributed by atoms with van der Waals surface area (Å²) in [5, 5.41) is 12.5. The van der Waals surface area contributed by atoms with Crippen molar-refractivity contribution >= 4 is 72.9 Å². The first-order chi connectivity index (χ1) is 14.0. The van der Waals surface area contributed by atoms with Crippen molar-refractivity contribution in [2.24, 2.45) is 0 Å². The molecule has 0 radical (unpaired) electrons. The van der Waals surface area contributed by atoms with Crippen LogP contribution in [0.25, 0.3) is 10.6 Å². The van der Waals surface area contributed by atoms with E-state index in [9.17, 15) is 13.2 Å². The number of anilines is 2. The van der Waals surface area contributed by atoms with Gasteiger partial charge < -0.3 is 0 Å². The van der Waals surface area contributed by atoms with E-state index >= 15 is 0 Å². The molecule has 1 N–H and O–H groups in total. The van der Waals surface area contributed by atoms with Gasteiger partial charge in [0.1, 0.15) is 11.0 Å². The fraction of sp³-hybridized carbons (Fsp3) is 0.167. The Balaban J connectivity index is 1.83. The zero-order valence-corrected chi connectivity index (χ0v) is 19.5. The van der Waals surface area contributed by atoms with Crippen molar-refractivity contribution < 1.29 is 13.2 Å². The average Bonchev–Trinajstić information content (AvgIpc) is 3.08. The number of sulfonamides is 1. The molecule has 0 aliphatic rings. The fourth-order valence-electron chi connectivity index (χ4n) is 2.67. The van der Waals surface area contributed by atoms with E-state index in [1.165, 1.54) is 25.1 Å². The Morgan fingerprint density at radius 2 is 1.63 bits per heavy atom. The van der Waals surface area contributed by atoms with Gasteiger partial charge in [-0.25, -0.2) is 8.42 Å². The molecular formula is C18H15Cl3N4O3S2. The Labute approximate surface area is 192 Å². The number of hydrogen-bond acceptors (Lipinski definition) is 6. The average molecular weight is 506 g/mol. The highest BCUT2D eigenvalue weighted by molar-refractivity contribution is 7.92.